The van der Waals surface area contributed by atoms with Crippen LogP contribution in [0.4, 0.5) is 17.1 Å². The molecule has 0 atom stereocenters. The minimum atomic E-state index is -0.442. The molecule has 0 aromatic heterocycles. The van der Waals surface area contributed by atoms with E-state index in [1.165, 1.54) is 6.07 Å². The van der Waals surface area contributed by atoms with Crippen molar-refractivity contribution in [2.75, 3.05) is 23.3 Å². The second-order valence-electron chi connectivity index (χ2n) is 7.42. The van der Waals surface area contributed by atoms with Gasteiger partial charge in [-0.05, 0) is 48.6 Å². The molecule has 2 aromatic rings. The van der Waals surface area contributed by atoms with Crippen molar-refractivity contribution >= 4 is 28.9 Å². The molecule has 2 amide bonds. The van der Waals surface area contributed by atoms with E-state index < -0.39 is 16.7 Å². The molecule has 1 aliphatic heterocycles. The average molecular weight is 396 g/mol. The smallest absolute Gasteiger partial charge is 0.293 e. The van der Waals surface area contributed by atoms with Crippen LogP contribution in [0, 0.1) is 16.0 Å². The van der Waals surface area contributed by atoms with Crippen LogP contribution in [0.1, 0.15) is 35.7 Å². The van der Waals surface area contributed by atoms with E-state index in [4.69, 9.17) is 5.73 Å². The highest BCUT2D eigenvalue weighted by Gasteiger charge is 2.24. The van der Waals surface area contributed by atoms with Crippen LogP contribution in [-0.4, -0.2) is 29.8 Å². The summed E-state index contributed by atoms with van der Waals surface area (Å²) in [6.45, 7) is 3.72. The molecule has 0 saturated carbocycles. The number of nitrogens with one attached hydrogen (secondary N) is 1. The second-order valence-corrected chi connectivity index (χ2v) is 7.42. The van der Waals surface area contributed by atoms with Crippen LogP contribution < -0.4 is 16.0 Å². The lowest BCUT2D eigenvalue weighted by molar-refractivity contribution is -0.384. The Balaban J connectivity index is 1.76. The van der Waals surface area contributed by atoms with Crippen molar-refractivity contribution in [2.45, 2.75) is 26.2 Å². The number of piperidine rings is 1. The Bertz CT molecular complexity index is 919. The van der Waals surface area contributed by atoms with Gasteiger partial charge in [-0.2, -0.15) is 0 Å². The Kier molecular flexibility index (Phi) is 6.11. The summed E-state index contributed by atoms with van der Waals surface area (Å²) in [7, 11) is 0. The number of nitro benzene ring substituents is 1. The van der Waals surface area contributed by atoms with Gasteiger partial charge in [0, 0.05) is 30.4 Å². The van der Waals surface area contributed by atoms with E-state index in [1.54, 1.807) is 36.4 Å². The maximum absolute atomic E-state index is 12.6. The normalized spacial score (nSPS) is 14.4. The molecule has 29 heavy (non-hydrogen) atoms. The summed E-state index contributed by atoms with van der Waals surface area (Å²) in [6.07, 6.45) is 2.10. The van der Waals surface area contributed by atoms with Crippen molar-refractivity contribution in [3.8, 4) is 0 Å². The topological polar surface area (TPSA) is 119 Å². The third-order valence-corrected chi connectivity index (χ3v) is 5.15. The zero-order valence-electron chi connectivity index (χ0n) is 16.3. The Morgan fingerprint density at radius 1 is 1.17 bits per heavy atom. The fourth-order valence-corrected chi connectivity index (χ4v) is 3.44. The molecule has 0 unspecified atom stereocenters. The highest BCUT2D eigenvalue weighted by molar-refractivity contribution is 6.05. The van der Waals surface area contributed by atoms with Gasteiger partial charge in [-0.15, -0.1) is 0 Å². The number of nitro groups is 1. The summed E-state index contributed by atoms with van der Waals surface area (Å²) >= 11 is 0. The van der Waals surface area contributed by atoms with Crippen LogP contribution in [0.15, 0.2) is 42.5 Å². The first-order valence-electron chi connectivity index (χ1n) is 9.55. The number of hydrogen-bond acceptors (Lipinski definition) is 5. The fraction of sp³-hybridized carbons (Fsp3) is 0.333. The largest absolute Gasteiger partial charge is 0.369 e. The van der Waals surface area contributed by atoms with Gasteiger partial charge in [0.2, 0.25) is 5.91 Å². The van der Waals surface area contributed by atoms with Crippen LogP contribution in [0.2, 0.25) is 0 Å². The lowest BCUT2D eigenvalue weighted by Gasteiger charge is -2.31. The minimum absolute atomic E-state index is 0.0657. The predicted molar refractivity (Wildman–Crippen MR) is 111 cm³/mol. The number of anilines is 2. The van der Waals surface area contributed by atoms with Gasteiger partial charge in [0.05, 0.1) is 11.3 Å². The van der Waals surface area contributed by atoms with Gasteiger partial charge in [0.25, 0.3) is 11.6 Å². The number of primary amides is 1. The van der Waals surface area contributed by atoms with Crippen molar-refractivity contribution in [2.24, 2.45) is 11.7 Å². The molecule has 1 fully saturated rings. The van der Waals surface area contributed by atoms with Crippen molar-refractivity contribution < 1.29 is 14.5 Å². The van der Waals surface area contributed by atoms with Crippen LogP contribution in [0.5, 0.6) is 0 Å². The zero-order chi connectivity index (χ0) is 21.0. The summed E-state index contributed by atoms with van der Waals surface area (Å²) in [5, 5.41) is 14.3. The summed E-state index contributed by atoms with van der Waals surface area (Å²) < 4.78 is 0. The first kappa shape index (κ1) is 20.3. The molecule has 0 spiro atoms. The van der Waals surface area contributed by atoms with Gasteiger partial charge >= 0.3 is 0 Å². The van der Waals surface area contributed by atoms with Gasteiger partial charge in [-0.1, -0.05) is 19.1 Å². The lowest BCUT2D eigenvalue weighted by atomic mass is 9.98. The molecule has 8 heteroatoms. The standard InChI is InChI=1S/C21H24N4O4/c1-14-8-10-24(11-9-14)18-7-4-16(13-19(18)25(28)29)21(27)23-17-5-2-15(3-6-17)12-20(22)26/h2-7,13-14H,8-12H2,1H3,(H2,22,26)(H,23,27). The molecule has 1 heterocycles. The number of nitrogens with two attached hydrogens (primary N) is 1. The SMILES string of the molecule is CC1CCN(c2ccc(C(=O)Nc3ccc(CC(N)=O)cc3)cc2[N+](=O)[O-])CC1. The second kappa shape index (κ2) is 8.72. The van der Waals surface area contributed by atoms with E-state index in [9.17, 15) is 19.7 Å². The number of rotatable bonds is 6. The van der Waals surface area contributed by atoms with Crippen LogP contribution >= 0.6 is 0 Å². The molecule has 2 aromatic carbocycles. The first-order chi connectivity index (χ1) is 13.8. The van der Waals surface area contributed by atoms with E-state index in [0.717, 1.165) is 31.5 Å². The van der Waals surface area contributed by atoms with Crippen molar-refractivity contribution in [3.63, 3.8) is 0 Å². The fourth-order valence-electron chi connectivity index (χ4n) is 3.44. The maximum Gasteiger partial charge on any atom is 0.293 e. The molecule has 8 nitrogen and oxygen atoms in total. The molecule has 0 radical (unpaired) electrons. The van der Waals surface area contributed by atoms with Crippen molar-refractivity contribution in [3.05, 3.63) is 63.7 Å². The molecule has 0 aliphatic carbocycles. The zero-order valence-corrected chi connectivity index (χ0v) is 16.3. The Labute approximate surface area is 168 Å². The van der Waals surface area contributed by atoms with Gasteiger partial charge in [-0.25, -0.2) is 0 Å². The predicted octanol–water partition coefficient (Wildman–Crippen LogP) is 3.11. The van der Waals surface area contributed by atoms with E-state index in [1.807, 2.05) is 4.90 Å². The first-order valence-corrected chi connectivity index (χ1v) is 9.55. The monoisotopic (exact) mass is 396 g/mol. The Morgan fingerprint density at radius 2 is 1.83 bits per heavy atom. The molecule has 1 aliphatic rings. The Hall–Kier alpha value is -3.42. The Morgan fingerprint density at radius 3 is 2.41 bits per heavy atom. The van der Waals surface area contributed by atoms with Gasteiger partial charge in [-0.3, -0.25) is 19.7 Å². The minimum Gasteiger partial charge on any atom is -0.369 e. The highest BCUT2D eigenvalue weighted by atomic mass is 16.6. The molecular formula is C21H24N4O4. The molecular weight excluding hydrogens is 372 g/mol. The summed E-state index contributed by atoms with van der Waals surface area (Å²) in [6, 6.07) is 11.3. The van der Waals surface area contributed by atoms with Gasteiger partial charge < -0.3 is 16.0 Å². The van der Waals surface area contributed by atoms with Crippen LogP contribution in [0.3, 0.4) is 0 Å². The molecule has 3 N–H and O–H groups in total. The van der Waals surface area contributed by atoms with Crippen molar-refractivity contribution in [1.82, 2.24) is 0 Å². The molecule has 3 rings (SSSR count). The van der Waals surface area contributed by atoms with E-state index in [2.05, 4.69) is 12.2 Å². The number of nitrogens with zero attached hydrogens (tertiary/aromatic N) is 2. The average Bonchev–Trinajstić information content (AvgIpc) is 2.69. The third-order valence-electron chi connectivity index (χ3n) is 5.15. The van der Waals surface area contributed by atoms with E-state index >= 15 is 0 Å². The summed E-state index contributed by atoms with van der Waals surface area (Å²) in [5.74, 6) is -0.253. The highest BCUT2D eigenvalue weighted by Crippen LogP contribution is 2.32. The summed E-state index contributed by atoms with van der Waals surface area (Å²) in [5.41, 5.74) is 7.13. The van der Waals surface area contributed by atoms with Crippen LogP contribution in [-0.2, 0) is 11.2 Å². The van der Waals surface area contributed by atoms with Crippen LogP contribution in [0.25, 0.3) is 0 Å². The number of hydrogen-bond donors (Lipinski definition) is 2. The maximum atomic E-state index is 12.6. The number of carbonyl (C=O) groups excluding carboxylic acids is 2. The number of carbonyl (C=O) groups is 2. The molecule has 152 valence electrons. The summed E-state index contributed by atoms with van der Waals surface area (Å²) in [4.78, 5) is 36.7. The van der Waals surface area contributed by atoms with Gasteiger partial charge in [0.1, 0.15) is 5.69 Å². The quantitative estimate of drug-likeness (QED) is 0.574. The molecule has 0 bridgehead atoms. The third kappa shape index (κ3) is 5.10. The van der Waals surface area contributed by atoms with Gasteiger partial charge in [0.15, 0.2) is 0 Å². The lowest BCUT2D eigenvalue weighted by Crippen LogP contribution is -2.33. The number of amides is 2. The van der Waals surface area contributed by atoms with E-state index in [0.29, 0.717) is 17.3 Å². The van der Waals surface area contributed by atoms with Crippen molar-refractivity contribution in [1.29, 1.82) is 0 Å². The number of benzene rings is 2. The molecule has 1 saturated heterocycles. The van der Waals surface area contributed by atoms with E-state index in [-0.39, 0.29) is 17.7 Å².